The number of rotatable bonds is 5. The highest BCUT2D eigenvalue weighted by Gasteiger charge is 2.21. The van der Waals surface area contributed by atoms with Gasteiger partial charge in [-0.3, -0.25) is 0 Å². The molecular formula is C12H17ClFNO. The summed E-state index contributed by atoms with van der Waals surface area (Å²) in [5.74, 6) is -0.411. The van der Waals surface area contributed by atoms with Crippen molar-refractivity contribution in [3.63, 3.8) is 0 Å². The van der Waals surface area contributed by atoms with Crippen molar-refractivity contribution in [1.29, 1.82) is 0 Å². The molecule has 2 nitrogen and oxygen atoms in total. The number of hydrogen-bond donors (Lipinski definition) is 1. The first-order valence-corrected chi connectivity index (χ1v) is 5.63. The summed E-state index contributed by atoms with van der Waals surface area (Å²) in [5.41, 5.74) is 6.23. The van der Waals surface area contributed by atoms with Gasteiger partial charge in [-0.05, 0) is 31.9 Å². The lowest BCUT2D eigenvalue weighted by Gasteiger charge is -2.24. The van der Waals surface area contributed by atoms with Crippen molar-refractivity contribution < 1.29 is 9.13 Å². The normalized spacial score (nSPS) is 14.8. The second-order valence-electron chi connectivity index (χ2n) is 4.18. The molecule has 0 aromatic heterocycles. The van der Waals surface area contributed by atoms with Gasteiger partial charge in [0.2, 0.25) is 0 Å². The van der Waals surface area contributed by atoms with Gasteiger partial charge in [0.1, 0.15) is 5.82 Å². The van der Waals surface area contributed by atoms with E-state index in [9.17, 15) is 4.39 Å². The number of hydrogen-bond acceptors (Lipinski definition) is 2. The summed E-state index contributed by atoms with van der Waals surface area (Å²) in [7, 11) is 0. The van der Waals surface area contributed by atoms with Crippen LogP contribution >= 0.6 is 11.6 Å². The molecule has 0 saturated carbocycles. The number of ether oxygens (including phenoxy) is 1. The third-order valence-electron chi connectivity index (χ3n) is 2.26. The van der Waals surface area contributed by atoms with Gasteiger partial charge in [0, 0.05) is 12.1 Å². The van der Waals surface area contributed by atoms with Gasteiger partial charge in [-0.2, -0.15) is 0 Å². The minimum Gasteiger partial charge on any atom is -0.380 e. The molecule has 1 aromatic rings. The number of nitrogens with two attached hydrogens (primary N) is 1. The van der Waals surface area contributed by atoms with E-state index in [0.29, 0.717) is 25.2 Å². The second kappa shape index (κ2) is 5.62. The summed E-state index contributed by atoms with van der Waals surface area (Å²) < 4.78 is 18.5. The highest BCUT2D eigenvalue weighted by Crippen LogP contribution is 2.23. The minimum atomic E-state index is -0.534. The van der Waals surface area contributed by atoms with Crippen LogP contribution in [-0.2, 0) is 11.2 Å². The smallest absolute Gasteiger partial charge is 0.142 e. The molecule has 0 aliphatic carbocycles. The summed E-state index contributed by atoms with van der Waals surface area (Å²) in [6.07, 6.45) is 0.490. The molecule has 1 atom stereocenters. The quantitative estimate of drug-likeness (QED) is 0.866. The van der Waals surface area contributed by atoms with Crippen LogP contribution in [0.25, 0.3) is 0 Å². The molecule has 0 fully saturated rings. The Hall–Kier alpha value is -0.640. The topological polar surface area (TPSA) is 35.2 Å². The molecule has 1 unspecified atom stereocenters. The molecule has 1 rings (SSSR count). The van der Waals surface area contributed by atoms with Gasteiger partial charge in [-0.15, -0.1) is 0 Å². The maximum absolute atomic E-state index is 13.2. The zero-order valence-corrected chi connectivity index (χ0v) is 10.4. The van der Waals surface area contributed by atoms with Crippen LogP contribution in [0.15, 0.2) is 18.2 Å². The van der Waals surface area contributed by atoms with Crippen molar-refractivity contribution in [3.05, 3.63) is 34.6 Å². The first-order chi connectivity index (χ1) is 7.46. The fourth-order valence-electron chi connectivity index (χ4n) is 1.51. The molecule has 0 radical (unpaired) electrons. The molecule has 0 heterocycles. The fraction of sp³-hybridized carbons (Fsp3) is 0.500. The third-order valence-corrected chi connectivity index (χ3v) is 2.69. The van der Waals surface area contributed by atoms with Gasteiger partial charge in [-0.25, -0.2) is 4.39 Å². The van der Waals surface area contributed by atoms with Crippen molar-refractivity contribution in [1.82, 2.24) is 0 Å². The van der Waals surface area contributed by atoms with E-state index in [0.717, 1.165) is 0 Å². The summed E-state index contributed by atoms with van der Waals surface area (Å²) in [6, 6.07) is 4.75. The SMILES string of the molecule is CCOCC(C)(N)Cc1cccc(F)c1Cl. The van der Waals surface area contributed by atoms with Crippen LogP contribution in [-0.4, -0.2) is 18.8 Å². The Kier molecular flexibility index (Phi) is 4.71. The van der Waals surface area contributed by atoms with Crippen LogP contribution in [0.4, 0.5) is 4.39 Å². The Morgan fingerprint density at radius 3 is 2.81 bits per heavy atom. The molecular weight excluding hydrogens is 229 g/mol. The molecule has 4 heteroatoms. The van der Waals surface area contributed by atoms with E-state index in [4.69, 9.17) is 22.1 Å². The maximum Gasteiger partial charge on any atom is 0.142 e. The lowest BCUT2D eigenvalue weighted by molar-refractivity contribution is 0.101. The molecule has 0 amide bonds. The summed E-state index contributed by atoms with van der Waals surface area (Å²) in [5, 5.41) is 0.149. The Morgan fingerprint density at radius 1 is 1.50 bits per heavy atom. The third kappa shape index (κ3) is 3.74. The number of halogens is 2. The molecule has 90 valence electrons. The monoisotopic (exact) mass is 245 g/mol. The van der Waals surface area contributed by atoms with Crippen molar-refractivity contribution in [2.75, 3.05) is 13.2 Å². The zero-order chi connectivity index (χ0) is 12.2. The largest absolute Gasteiger partial charge is 0.380 e. The van der Waals surface area contributed by atoms with Crippen molar-refractivity contribution in [2.45, 2.75) is 25.8 Å². The zero-order valence-electron chi connectivity index (χ0n) is 9.59. The van der Waals surface area contributed by atoms with E-state index in [1.807, 2.05) is 13.8 Å². The molecule has 0 aliphatic rings. The number of benzene rings is 1. The van der Waals surface area contributed by atoms with Crippen LogP contribution in [0.3, 0.4) is 0 Å². The molecule has 0 saturated heterocycles. The summed E-state index contributed by atoms with van der Waals surface area (Å²) in [4.78, 5) is 0. The van der Waals surface area contributed by atoms with E-state index in [2.05, 4.69) is 0 Å². The summed E-state index contributed by atoms with van der Waals surface area (Å²) in [6.45, 7) is 4.81. The van der Waals surface area contributed by atoms with Crippen LogP contribution in [0.1, 0.15) is 19.4 Å². The first kappa shape index (κ1) is 13.4. The van der Waals surface area contributed by atoms with Crippen molar-refractivity contribution >= 4 is 11.6 Å². The minimum absolute atomic E-state index is 0.149. The standard InChI is InChI=1S/C12H17ClFNO/c1-3-16-8-12(2,15)7-9-5-4-6-10(14)11(9)13/h4-6H,3,7-8,15H2,1-2H3. The van der Waals surface area contributed by atoms with Crippen LogP contribution in [0.5, 0.6) is 0 Å². The van der Waals surface area contributed by atoms with Crippen molar-refractivity contribution in [2.24, 2.45) is 5.73 Å². The Labute approximate surface area is 101 Å². The van der Waals surface area contributed by atoms with Crippen LogP contribution in [0.2, 0.25) is 5.02 Å². The molecule has 0 aliphatic heterocycles. The fourth-order valence-corrected chi connectivity index (χ4v) is 1.70. The molecule has 0 bridgehead atoms. The van der Waals surface area contributed by atoms with E-state index < -0.39 is 11.4 Å². The van der Waals surface area contributed by atoms with Gasteiger partial charge in [0.25, 0.3) is 0 Å². The van der Waals surface area contributed by atoms with Crippen LogP contribution in [0, 0.1) is 5.82 Å². The Balaban J connectivity index is 2.75. The van der Waals surface area contributed by atoms with Gasteiger partial charge >= 0.3 is 0 Å². The second-order valence-corrected chi connectivity index (χ2v) is 4.56. The molecule has 2 N–H and O–H groups in total. The lowest BCUT2D eigenvalue weighted by atomic mass is 9.95. The average Bonchev–Trinajstić information content (AvgIpc) is 2.22. The van der Waals surface area contributed by atoms with Gasteiger partial charge in [0.15, 0.2) is 0 Å². The summed E-state index contributed by atoms with van der Waals surface area (Å²) >= 11 is 5.86. The first-order valence-electron chi connectivity index (χ1n) is 5.26. The predicted octanol–water partition coefficient (Wildman–Crippen LogP) is 2.78. The van der Waals surface area contributed by atoms with E-state index in [1.54, 1.807) is 12.1 Å². The van der Waals surface area contributed by atoms with E-state index >= 15 is 0 Å². The van der Waals surface area contributed by atoms with E-state index in [-0.39, 0.29) is 5.02 Å². The van der Waals surface area contributed by atoms with Crippen LogP contribution < -0.4 is 5.73 Å². The van der Waals surface area contributed by atoms with Gasteiger partial charge < -0.3 is 10.5 Å². The Morgan fingerprint density at radius 2 is 2.19 bits per heavy atom. The lowest BCUT2D eigenvalue weighted by Crippen LogP contribution is -2.43. The molecule has 0 spiro atoms. The average molecular weight is 246 g/mol. The highest BCUT2D eigenvalue weighted by molar-refractivity contribution is 6.31. The van der Waals surface area contributed by atoms with Gasteiger partial charge in [-0.1, -0.05) is 23.7 Å². The molecule has 16 heavy (non-hydrogen) atoms. The predicted molar refractivity (Wildman–Crippen MR) is 64.2 cm³/mol. The maximum atomic E-state index is 13.2. The molecule has 1 aromatic carbocycles. The van der Waals surface area contributed by atoms with E-state index in [1.165, 1.54) is 6.07 Å². The Bertz CT molecular complexity index is 355. The van der Waals surface area contributed by atoms with Crippen molar-refractivity contribution in [3.8, 4) is 0 Å². The van der Waals surface area contributed by atoms with Gasteiger partial charge in [0.05, 0.1) is 11.6 Å². The highest BCUT2D eigenvalue weighted by atomic mass is 35.5.